The molecule has 1 aromatic rings. The SMILES string of the molecule is CCCC(NCC)C(=O)c1ccc(Cl)cc1.Cl. The summed E-state index contributed by atoms with van der Waals surface area (Å²) >= 11 is 5.79. The molecule has 0 radical (unpaired) electrons. The molecule has 0 bridgehead atoms. The van der Waals surface area contributed by atoms with Crippen molar-refractivity contribution in [3.05, 3.63) is 34.9 Å². The van der Waals surface area contributed by atoms with Crippen LogP contribution in [0.2, 0.25) is 5.02 Å². The molecule has 1 aromatic carbocycles. The van der Waals surface area contributed by atoms with Crippen molar-refractivity contribution in [1.29, 1.82) is 0 Å². The number of ketones is 1. The number of carbonyl (C=O) groups excluding carboxylic acids is 1. The van der Waals surface area contributed by atoms with Gasteiger partial charge in [-0.3, -0.25) is 4.79 Å². The van der Waals surface area contributed by atoms with Crippen LogP contribution in [0.1, 0.15) is 37.0 Å². The monoisotopic (exact) mass is 275 g/mol. The molecule has 0 amide bonds. The fourth-order valence-electron chi connectivity index (χ4n) is 1.68. The van der Waals surface area contributed by atoms with Crippen molar-refractivity contribution in [2.75, 3.05) is 6.54 Å². The summed E-state index contributed by atoms with van der Waals surface area (Å²) in [6, 6.07) is 7.00. The average Bonchev–Trinajstić information content (AvgIpc) is 2.29. The first-order chi connectivity index (χ1) is 7.69. The Morgan fingerprint density at radius 3 is 2.35 bits per heavy atom. The van der Waals surface area contributed by atoms with Crippen molar-refractivity contribution in [3.8, 4) is 0 Å². The number of hydrogen-bond acceptors (Lipinski definition) is 2. The van der Waals surface area contributed by atoms with Gasteiger partial charge in [-0.05, 0) is 37.2 Å². The van der Waals surface area contributed by atoms with Crippen molar-refractivity contribution in [2.24, 2.45) is 0 Å². The Labute approximate surface area is 114 Å². The minimum Gasteiger partial charge on any atom is -0.307 e. The molecule has 0 aliphatic rings. The van der Waals surface area contributed by atoms with Gasteiger partial charge in [0.15, 0.2) is 5.78 Å². The summed E-state index contributed by atoms with van der Waals surface area (Å²) in [6.45, 7) is 4.90. The van der Waals surface area contributed by atoms with Crippen molar-refractivity contribution in [3.63, 3.8) is 0 Å². The maximum absolute atomic E-state index is 12.1. The Hall–Kier alpha value is -0.570. The molecular weight excluding hydrogens is 257 g/mol. The highest BCUT2D eigenvalue weighted by Crippen LogP contribution is 2.12. The number of likely N-dealkylation sites (N-methyl/N-ethyl adjacent to an activating group) is 1. The third-order valence-electron chi connectivity index (χ3n) is 2.47. The van der Waals surface area contributed by atoms with Gasteiger partial charge in [-0.25, -0.2) is 0 Å². The molecule has 4 heteroatoms. The number of nitrogens with one attached hydrogen (secondary N) is 1. The van der Waals surface area contributed by atoms with Crippen LogP contribution in [0.15, 0.2) is 24.3 Å². The summed E-state index contributed by atoms with van der Waals surface area (Å²) in [4.78, 5) is 12.1. The van der Waals surface area contributed by atoms with E-state index < -0.39 is 0 Å². The molecule has 0 aliphatic carbocycles. The van der Waals surface area contributed by atoms with E-state index in [0.29, 0.717) is 5.02 Å². The smallest absolute Gasteiger partial charge is 0.179 e. The standard InChI is InChI=1S/C13H18ClNO.ClH/c1-3-5-12(15-4-2)13(16)10-6-8-11(14)9-7-10;/h6-9,12,15H,3-5H2,1-2H3;1H. The van der Waals surface area contributed by atoms with Crippen LogP contribution in [-0.2, 0) is 0 Å². The molecule has 1 atom stereocenters. The van der Waals surface area contributed by atoms with Gasteiger partial charge in [0.1, 0.15) is 0 Å². The highest BCUT2D eigenvalue weighted by molar-refractivity contribution is 6.30. The number of Topliss-reactive ketones (excluding diaryl/α,β-unsaturated/α-hetero) is 1. The molecule has 1 rings (SSSR count). The average molecular weight is 276 g/mol. The highest BCUT2D eigenvalue weighted by Gasteiger charge is 2.17. The minimum atomic E-state index is -0.0730. The summed E-state index contributed by atoms with van der Waals surface area (Å²) in [6.07, 6.45) is 1.87. The lowest BCUT2D eigenvalue weighted by Gasteiger charge is -2.15. The lowest BCUT2D eigenvalue weighted by atomic mass is 10.0. The molecule has 0 spiro atoms. The normalized spacial score (nSPS) is 11.7. The topological polar surface area (TPSA) is 29.1 Å². The predicted octanol–water partition coefficient (Wildman–Crippen LogP) is 3.72. The third-order valence-corrected chi connectivity index (χ3v) is 2.73. The van der Waals surface area contributed by atoms with Gasteiger partial charge in [-0.1, -0.05) is 31.9 Å². The van der Waals surface area contributed by atoms with Crippen LogP contribution >= 0.6 is 24.0 Å². The maximum Gasteiger partial charge on any atom is 0.179 e. The van der Waals surface area contributed by atoms with E-state index in [0.717, 1.165) is 24.9 Å². The molecule has 0 aromatic heterocycles. The summed E-state index contributed by atoms with van der Waals surface area (Å²) in [5.74, 6) is 0.153. The number of rotatable bonds is 6. The predicted molar refractivity (Wildman–Crippen MR) is 75.4 cm³/mol. The van der Waals surface area contributed by atoms with Gasteiger partial charge in [-0.15, -0.1) is 12.4 Å². The third kappa shape index (κ3) is 5.07. The zero-order valence-corrected chi connectivity index (χ0v) is 11.8. The Morgan fingerprint density at radius 2 is 1.88 bits per heavy atom. The summed E-state index contributed by atoms with van der Waals surface area (Å²) in [5, 5.41) is 3.87. The Kier molecular flexibility index (Phi) is 8.23. The molecule has 17 heavy (non-hydrogen) atoms. The Morgan fingerprint density at radius 1 is 1.29 bits per heavy atom. The second-order valence-electron chi connectivity index (χ2n) is 3.77. The van der Waals surface area contributed by atoms with Crippen LogP contribution in [-0.4, -0.2) is 18.4 Å². The lowest BCUT2D eigenvalue weighted by molar-refractivity contribution is 0.0938. The van der Waals surface area contributed by atoms with Crippen molar-refractivity contribution < 1.29 is 4.79 Å². The van der Waals surface area contributed by atoms with E-state index in [2.05, 4.69) is 12.2 Å². The first-order valence-corrected chi connectivity index (χ1v) is 6.10. The Bertz CT molecular complexity index is 332. The van der Waals surface area contributed by atoms with Gasteiger partial charge < -0.3 is 5.32 Å². The fourth-order valence-corrected chi connectivity index (χ4v) is 1.80. The van der Waals surface area contributed by atoms with Gasteiger partial charge in [0.05, 0.1) is 6.04 Å². The molecule has 0 saturated carbocycles. The van der Waals surface area contributed by atoms with E-state index in [1.807, 2.05) is 6.92 Å². The minimum absolute atomic E-state index is 0. The number of benzene rings is 1. The van der Waals surface area contributed by atoms with Crippen LogP contribution < -0.4 is 5.32 Å². The zero-order valence-electron chi connectivity index (χ0n) is 10.2. The van der Waals surface area contributed by atoms with Crippen molar-refractivity contribution in [2.45, 2.75) is 32.7 Å². The van der Waals surface area contributed by atoms with Crippen LogP contribution in [0.5, 0.6) is 0 Å². The first-order valence-electron chi connectivity index (χ1n) is 5.72. The highest BCUT2D eigenvalue weighted by atomic mass is 35.5. The van der Waals surface area contributed by atoms with Gasteiger partial charge in [0.2, 0.25) is 0 Å². The molecule has 0 aliphatic heterocycles. The van der Waals surface area contributed by atoms with E-state index in [-0.39, 0.29) is 24.2 Å². The summed E-state index contributed by atoms with van der Waals surface area (Å²) in [7, 11) is 0. The van der Waals surface area contributed by atoms with Crippen molar-refractivity contribution >= 4 is 29.8 Å². The molecule has 0 heterocycles. The summed E-state index contributed by atoms with van der Waals surface area (Å²) < 4.78 is 0. The second kappa shape index (κ2) is 8.51. The van der Waals surface area contributed by atoms with E-state index in [1.54, 1.807) is 24.3 Å². The molecular formula is C13H19Cl2NO. The van der Waals surface area contributed by atoms with Crippen LogP contribution in [0, 0.1) is 0 Å². The van der Waals surface area contributed by atoms with E-state index in [1.165, 1.54) is 0 Å². The first kappa shape index (κ1) is 16.4. The van der Waals surface area contributed by atoms with Crippen LogP contribution in [0.3, 0.4) is 0 Å². The maximum atomic E-state index is 12.1. The zero-order chi connectivity index (χ0) is 12.0. The number of carbonyl (C=O) groups is 1. The van der Waals surface area contributed by atoms with E-state index >= 15 is 0 Å². The molecule has 0 fully saturated rings. The summed E-state index contributed by atoms with van der Waals surface area (Å²) in [5.41, 5.74) is 0.726. The molecule has 96 valence electrons. The fraction of sp³-hybridized carbons (Fsp3) is 0.462. The largest absolute Gasteiger partial charge is 0.307 e. The quantitative estimate of drug-likeness (QED) is 0.802. The van der Waals surface area contributed by atoms with Crippen molar-refractivity contribution in [1.82, 2.24) is 5.32 Å². The number of hydrogen-bond donors (Lipinski definition) is 1. The van der Waals surface area contributed by atoms with Gasteiger partial charge in [-0.2, -0.15) is 0 Å². The Balaban J connectivity index is 0.00000256. The lowest BCUT2D eigenvalue weighted by Crippen LogP contribution is -2.36. The van der Waals surface area contributed by atoms with Gasteiger partial charge in [0, 0.05) is 10.6 Å². The molecule has 1 N–H and O–H groups in total. The number of halogens is 2. The van der Waals surface area contributed by atoms with Gasteiger partial charge in [0.25, 0.3) is 0 Å². The molecule has 2 nitrogen and oxygen atoms in total. The molecule has 0 saturated heterocycles. The second-order valence-corrected chi connectivity index (χ2v) is 4.21. The van der Waals surface area contributed by atoms with Crippen LogP contribution in [0.4, 0.5) is 0 Å². The van der Waals surface area contributed by atoms with Gasteiger partial charge >= 0.3 is 0 Å². The van der Waals surface area contributed by atoms with E-state index in [9.17, 15) is 4.79 Å². The van der Waals surface area contributed by atoms with E-state index in [4.69, 9.17) is 11.6 Å². The molecule has 1 unspecified atom stereocenters. The van der Waals surface area contributed by atoms with Crippen LogP contribution in [0.25, 0.3) is 0 Å².